The fourth-order valence-corrected chi connectivity index (χ4v) is 3.96. The molecule has 1 amide bonds. The van der Waals surface area contributed by atoms with Gasteiger partial charge >= 0.3 is 6.18 Å². The van der Waals surface area contributed by atoms with Gasteiger partial charge in [0.2, 0.25) is 0 Å². The lowest BCUT2D eigenvalue weighted by atomic mass is 9.98. The maximum absolute atomic E-state index is 14.0. The normalized spacial score (nSPS) is 12.1. The van der Waals surface area contributed by atoms with Gasteiger partial charge in [-0.05, 0) is 55.9 Å². The van der Waals surface area contributed by atoms with Gasteiger partial charge in [-0.3, -0.25) is 4.79 Å². The van der Waals surface area contributed by atoms with Gasteiger partial charge in [0.1, 0.15) is 5.69 Å². The van der Waals surface area contributed by atoms with E-state index in [0.717, 1.165) is 19.0 Å². The summed E-state index contributed by atoms with van der Waals surface area (Å²) < 4.78 is 45.2. The Labute approximate surface area is 183 Å². The Morgan fingerprint density at radius 2 is 1.94 bits per heavy atom. The number of hydrogen-bond donors (Lipinski definition) is 1. The van der Waals surface area contributed by atoms with Crippen LogP contribution in [0, 0.1) is 0 Å². The molecule has 168 valence electrons. The molecule has 0 saturated carbocycles. The number of fused-ring (bicyclic) bond motifs is 2. The molecule has 4 rings (SSSR count). The van der Waals surface area contributed by atoms with Crippen LogP contribution in [0.1, 0.15) is 22.5 Å². The molecule has 3 heterocycles. The minimum atomic E-state index is -4.54. The highest BCUT2D eigenvalue weighted by molar-refractivity contribution is 5.96. The number of pyridine rings is 1. The number of nitrogens with one attached hydrogen (secondary N) is 1. The van der Waals surface area contributed by atoms with E-state index in [2.05, 4.69) is 10.3 Å². The first kappa shape index (κ1) is 21.9. The minimum absolute atomic E-state index is 0.0359. The number of nitrogens with zero attached hydrogens (tertiary/aromatic N) is 4. The van der Waals surface area contributed by atoms with Gasteiger partial charge in [-0.15, -0.1) is 0 Å². The molecule has 0 bridgehead atoms. The molecular weight excluding hydrogens is 419 g/mol. The molecule has 4 aromatic rings. The van der Waals surface area contributed by atoms with Crippen LogP contribution in [0.2, 0.25) is 0 Å². The average molecular weight is 443 g/mol. The Morgan fingerprint density at radius 3 is 2.66 bits per heavy atom. The van der Waals surface area contributed by atoms with Gasteiger partial charge < -0.3 is 19.2 Å². The van der Waals surface area contributed by atoms with E-state index in [-0.39, 0.29) is 11.5 Å². The number of aromatic nitrogens is 3. The molecule has 9 heteroatoms. The standard InChI is InChI=1S/C23H24F3N5O/c1-27-9-5-10-29(2)22(32)20-8-7-19-15(6-4-11-31(19)20)16-12-18-21(30(3)14-28-18)13-17(16)23(24,25)26/h4,6-8,11-14,27H,5,9-10H2,1-3H3. The van der Waals surface area contributed by atoms with Crippen molar-refractivity contribution in [3.05, 3.63) is 60.2 Å². The first-order chi connectivity index (χ1) is 15.2. The third-order valence-corrected chi connectivity index (χ3v) is 5.64. The highest BCUT2D eigenvalue weighted by Crippen LogP contribution is 2.40. The largest absolute Gasteiger partial charge is 0.417 e. The second-order valence-corrected chi connectivity index (χ2v) is 7.82. The Kier molecular flexibility index (Phi) is 5.68. The molecule has 32 heavy (non-hydrogen) atoms. The Bertz CT molecular complexity index is 1290. The van der Waals surface area contributed by atoms with Gasteiger partial charge in [0.05, 0.1) is 28.4 Å². The number of alkyl halides is 3. The van der Waals surface area contributed by atoms with Crippen molar-refractivity contribution in [2.75, 3.05) is 27.2 Å². The van der Waals surface area contributed by atoms with E-state index in [1.807, 2.05) is 7.05 Å². The van der Waals surface area contributed by atoms with E-state index in [0.29, 0.717) is 34.4 Å². The minimum Gasteiger partial charge on any atom is -0.340 e. The first-order valence-corrected chi connectivity index (χ1v) is 10.2. The topological polar surface area (TPSA) is 54.6 Å². The molecule has 6 nitrogen and oxygen atoms in total. The molecule has 0 aliphatic carbocycles. The Morgan fingerprint density at radius 1 is 1.16 bits per heavy atom. The van der Waals surface area contributed by atoms with Crippen molar-refractivity contribution in [2.24, 2.45) is 7.05 Å². The van der Waals surface area contributed by atoms with Gasteiger partial charge in [-0.25, -0.2) is 4.98 Å². The number of carbonyl (C=O) groups excluding carboxylic acids is 1. The van der Waals surface area contributed by atoms with Crippen LogP contribution < -0.4 is 5.32 Å². The van der Waals surface area contributed by atoms with Gasteiger partial charge in [0, 0.05) is 32.4 Å². The fraction of sp³-hybridized carbons (Fsp3) is 0.304. The van der Waals surface area contributed by atoms with Crippen LogP contribution in [0.15, 0.2) is 48.9 Å². The predicted molar refractivity (Wildman–Crippen MR) is 118 cm³/mol. The number of imidazole rings is 1. The molecule has 0 aliphatic heterocycles. The van der Waals surface area contributed by atoms with Crippen molar-refractivity contribution in [1.82, 2.24) is 24.2 Å². The Balaban J connectivity index is 1.83. The van der Waals surface area contributed by atoms with E-state index in [9.17, 15) is 18.0 Å². The smallest absolute Gasteiger partial charge is 0.340 e. The molecule has 0 fully saturated rings. The van der Waals surface area contributed by atoms with Crippen LogP contribution in [0.25, 0.3) is 27.7 Å². The predicted octanol–water partition coefficient (Wildman–Crippen LogP) is 4.19. The zero-order valence-electron chi connectivity index (χ0n) is 18.1. The second kappa shape index (κ2) is 8.31. The summed E-state index contributed by atoms with van der Waals surface area (Å²) >= 11 is 0. The highest BCUT2D eigenvalue weighted by Gasteiger charge is 2.35. The summed E-state index contributed by atoms with van der Waals surface area (Å²) in [5.41, 5.74) is 1.51. The zero-order valence-corrected chi connectivity index (χ0v) is 18.1. The van der Waals surface area contributed by atoms with Crippen molar-refractivity contribution in [2.45, 2.75) is 12.6 Å². The molecule has 0 radical (unpaired) electrons. The number of carbonyl (C=O) groups is 1. The summed E-state index contributed by atoms with van der Waals surface area (Å²) in [7, 11) is 5.23. The van der Waals surface area contributed by atoms with E-state index >= 15 is 0 Å². The quantitative estimate of drug-likeness (QED) is 0.455. The second-order valence-electron chi connectivity index (χ2n) is 7.82. The molecule has 0 unspecified atom stereocenters. The van der Waals surface area contributed by atoms with E-state index in [1.165, 1.54) is 12.4 Å². The maximum atomic E-state index is 14.0. The molecular formula is C23H24F3N5O. The van der Waals surface area contributed by atoms with Crippen LogP contribution in [0.4, 0.5) is 13.2 Å². The fourth-order valence-electron chi connectivity index (χ4n) is 3.96. The van der Waals surface area contributed by atoms with Crippen LogP contribution in [0.3, 0.4) is 0 Å². The Hall–Kier alpha value is -3.33. The molecule has 0 spiro atoms. The van der Waals surface area contributed by atoms with Crippen molar-refractivity contribution >= 4 is 22.5 Å². The lowest BCUT2D eigenvalue weighted by molar-refractivity contribution is -0.137. The number of benzene rings is 1. The maximum Gasteiger partial charge on any atom is 0.417 e. The summed E-state index contributed by atoms with van der Waals surface area (Å²) in [4.78, 5) is 18.8. The van der Waals surface area contributed by atoms with Gasteiger partial charge in [-0.1, -0.05) is 6.07 Å². The number of halogens is 3. The monoisotopic (exact) mass is 443 g/mol. The number of amides is 1. The molecule has 0 aliphatic rings. The lowest BCUT2D eigenvalue weighted by Crippen LogP contribution is -2.30. The average Bonchev–Trinajstić information content (AvgIpc) is 3.35. The number of aryl methyl sites for hydroxylation is 1. The van der Waals surface area contributed by atoms with Crippen molar-refractivity contribution in [3.8, 4) is 11.1 Å². The summed E-state index contributed by atoms with van der Waals surface area (Å²) in [6, 6.07) is 9.23. The summed E-state index contributed by atoms with van der Waals surface area (Å²) in [5, 5.41) is 3.04. The first-order valence-electron chi connectivity index (χ1n) is 10.2. The highest BCUT2D eigenvalue weighted by atomic mass is 19.4. The van der Waals surface area contributed by atoms with Gasteiger partial charge in [0.15, 0.2) is 0 Å². The van der Waals surface area contributed by atoms with Crippen molar-refractivity contribution in [1.29, 1.82) is 0 Å². The molecule has 1 aromatic carbocycles. The van der Waals surface area contributed by atoms with Crippen LogP contribution >= 0.6 is 0 Å². The van der Waals surface area contributed by atoms with Gasteiger partial charge in [0.25, 0.3) is 5.91 Å². The van der Waals surface area contributed by atoms with E-state index in [1.54, 1.807) is 58.4 Å². The SMILES string of the molecule is CNCCCN(C)C(=O)c1ccc2c(-c3cc4ncn(C)c4cc3C(F)(F)F)cccn12. The van der Waals surface area contributed by atoms with E-state index < -0.39 is 11.7 Å². The molecule has 0 saturated heterocycles. The van der Waals surface area contributed by atoms with Crippen molar-refractivity contribution in [3.63, 3.8) is 0 Å². The number of rotatable bonds is 6. The molecule has 3 aromatic heterocycles. The van der Waals surface area contributed by atoms with Crippen LogP contribution in [0.5, 0.6) is 0 Å². The van der Waals surface area contributed by atoms with Crippen LogP contribution in [-0.2, 0) is 13.2 Å². The van der Waals surface area contributed by atoms with E-state index in [4.69, 9.17) is 0 Å². The zero-order chi connectivity index (χ0) is 23.0. The third-order valence-electron chi connectivity index (χ3n) is 5.64. The van der Waals surface area contributed by atoms with Gasteiger partial charge in [-0.2, -0.15) is 13.2 Å². The lowest BCUT2D eigenvalue weighted by Gasteiger charge is -2.18. The summed E-state index contributed by atoms with van der Waals surface area (Å²) in [5.74, 6) is -0.186. The number of hydrogen-bond acceptors (Lipinski definition) is 3. The van der Waals surface area contributed by atoms with Crippen molar-refractivity contribution < 1.29 is 18.0 Å². The van der Waals surface area contributed by atoms with Crippen LogP contribution in [-0.4, -0.2) is 51.9 Å². The summed E-state index contributed by atoms with van der Waals surface area (Å²) in [6.07, 6.45) is -0.557. The molecule has 1 N–H and O–H groups in total. The third kappa shape index (κ3) is 3.84. The molecule has 0 atom stereocenters. The summed E-state index contributed by atoms with van der Waals surface area (Å²) in [6.45, 7) is 1.36.